The van der Waals surface area contributed by atoms with Crippen LogP contribution in [-0.4, -0.2) is 35.7 Å². The lowest BCUT2D eigenvalue weighted by Gasteiger charge is -2.32. The lowest BCUT2D eigenvalue weighted by Crippen LogP contribution is -2.34. The van der Waals surface area contributed by atoms with Crippen molar-refractivity contribution in [2.24, 2.45) is 10.9 Å². The van der Waals surface area contributed by atoms with Crippen LogP contribution in [0, 0.1) is 5.92 Å². The lowest BCUT2D eigenvalue weighted by molar-refractivity contribution is 0.263. The number of allylic oxidation sites excluding steroid dienone is 5. The van der Waals surface area contributed by atoms with E-state index in [4.69, 9.17) is 16.6 Å². The zero-order valence-corrected chi connectivity index (χ0v) is 17.2. The summed E-state index contributed by atoms with van der Waals surface area (Å²) in [5.41, 5.74) is 9.87. The predicted octanol–water partition coefficient (Wildman–Crippen LogP) is 5.92. The number of halogens is 1. The van der Waals surface area contributed by atoms with Gasteiger partial charge in [0.25, 0.3) is 0 Å². The maximum Gasteiger partial charge on any atom is 0.0488 e. The molecule has 0 bridgehead atoms. The third-order valence-electron chi connectivity index (χ3n) is 6.83. The molecule has 4 aliphatic rings. The summed E-state index contributed by atoms with van der Waals surface area (Å²) < 4.78 is 0. The van der Waals surface area contributed by atoms with Crippen molar-refractivity contribution in [1.29, 1.82) is 0 Å². The van der Waals surface area contributed by atoms with Gasteiger partial charge in [-0.1, -0.05) is 41.5 Å². The molecule has 0 radical (unpaired) electrons. The predicted molar refractivity (Wildman–Crippen MR) is 121 cm³/mol. The van der Waals surface area contributed by atoms with Crippen molar-refractivity contribution >= 4 is 34.3 Å². The SMILES string of the molecule is Clc1ccc2c(C3=CCN(CC4CC5=C(C=CC5)C5=C4N=CC5)CC3)c[nH]c2c1. The van der Waals surface area contributed by atoms with Crippen LogP contribution in [0.5, 0.6) is 0 Å². The van der Waals surface area contributed by atoms with E-state index >= 15 is 0 Å². The topological polar surface area (TPSA) is 31.4 Å². The Balaban J connectivity index is 1.19. The first kappa shape index (κ1) is 17.5. The summed E-state index contributed by atoms with van der Waals surface area (Å²) in [4.78, 5) is 10.8. The number of aromatic nitrogens is 1. The monoisotopic (exact) mass is 401 g/mol. The van der Waals surface area contributed by atoms with Gasteiger partial charge in [-0.3, -0.25) is 9.89 Å². The normalized spacial score (nSPS) is 23.9. The molecule has 1 aromatic heterocycles. The number of aliphatic imine (C=N–C) groups is 1. The molecule has 0 fully saturated rings. The molecule has 3 heterocycles. The van der Waals surface area contributed by atoms with E-state index in [2.05, 4.69) is 46.6 Å². The summed E-state index contributed by atoms with van der Waals surface area (Å²) >= 11 is 6.14. The summed E-state index contributed by atoms with van der Waals surface area (Å²) in [7, 11) is 0. The van der Waals surface area contributed by atoms with Gasteiger partial charge in [0, 0.05) is 71.6 Å². The van der Waals surface area contributed by atoms with Crippen LogP contribution in [0.25, 0.3) is 16.5 Å². The number of aromatic amines is 1. The molecule has 29 heavy (non-hydrogen) atoms. The number of nitrogens with zero attached hydrogens (tertiary/aromatic N) is 2. The summed E-state index contributed by atoms with van der Waals surface area (Å²) in [5.74, 6) is 0.549. The molecular formula is C25H24ClN3. The van der Waals surface area contributed by atoms with Crippen LogP contribution in [0.3, 0.4) is 0 Å². The molecule has 6 rings (SSSR count). The Kier molecular flexibility index (Phi) is 4.14. The molecule has 0 amide bonds. The maximum absolute atomic E-state index is 6.14. The Labute approximate surface area is 176 Å². The first-order chi connectivity index (χ1) is 14.3. The van der Waals surface area contributed by atoms with Gasteiger partial charge < -0.3 is 4.98 Å². The molecule has 1 aromatic carbocycles. The molecule has 1 atom stereocenters. The second kappa shape index (κ2) is 6.86. The highest BCUT2D eigenvalue weighted by atomic mass is 35.5. The van der Waals surface area contributed by atoms with E-state index in [1.165, 1.54) is 39.8 Å². The van der Waals surface area contributed by atoms with E-state index in [0.29, 0.717) is 5.92 Å². The largest absolute Gasteiger partial charge is 0.361 e. The number of rotatable bonds is 3. The van der Waals surface area contributed by atoms with E-state index in [0.717, 1.165) is 49.4 Å². The van der Waals surface area contributed by atoms with Crippen molar-refractivity contribution in [2.45, 2.75) is 25.7 Å². The van der Waals surface area contributed by atoms with Gasteiger partial charge in [-0.2, -0.15) is 0 Å². The molecule has 2 aliphatic carbocycles. The lowest BCUT2D eigenvalue weighted by atomic mass is 9.82. The van der Waals surface area contributed by atoms with Crippen LogP contribution in [-0.2, 0) is 0 Å². The van der Waals surface area contributed by atoms with Crippen LogP contribution in [0.4, 0.5) is 0 Å². The Bertz CT molecular complexity index is 1160. The highest BCUT2D eigenvalue weighted by molar-refractivity contribution is 6.31. The minimum atomic E-state index is 0.549. The van der Waals surface area contributed by atoms with Gasteiger partial charge in [-0.15, -0.1) is 0 Å². The van der Waals surface area contributed by atoms with Crippen LogP contribution in [0.2, 0.25) is 5.02 Å². The van der Waals surface area contributed by atoms with Crippen molar-refractivity contribution in [3.8, 4) is 0 Å². The molecule has 0 spiro atoms. The zero-order chi connectivity index (χ0) is 19.4. The van der Waals surface area contributed by atoms with Crippen LogP contribution < -0.4 is 0 Å². The fourth-order valence-corrected chi connectivity index (χ4v) is 5.59. The Morgan fingerprint density at radius 3 is 3.10 bits per heavy atom. The van der Waals surface area contributed by atoms with E-state index in [-0.39, 0.29) is 0 Å². The van der Waals surface area contributed by atoms with Crippen molar-refractivity contribution in [1.82, 2.24) is 9.88 Å². The second-order valence-corrected chi connectivity index (χ2v) is 8.97. The molecule has 1 unspecified atom stereocenters. The number of H-pyrrole nitrogens is 1. The summed E-state index contributed by atoms with van der Waals surface area (Å²) in [5, 5.41) is 2.05. The van der Waals surface area contributed by atoms with Gasteiger partial charge in [0.1, 0.15) is 0 Å². The van der Waals surface area contributed by atoms with Crippen molar-refractivity contribution in [3.63, 3.8) is 0 Å². The van der Waals surface area contributed by atoms with Crippen molar-refractivity contribution < 1.29 is 0 Å². The number of nitrogens with one attached hydrogen (secondary N) is 1. The average molecular weight is 402 g/mol. The molecule has 3 nitrogen and oxygen atoms in total. The quantitative estimate of drug-likeness (QED) is 0.680. The molecule has 2 aromatic rings. The van der Waals surface area contributed by atoms with Crippen LogP contribution in [0.15, 0.2) is 70.0 Å². The number of hydrogen-bond acceptors (Lipinski definition) is 2. The van der Waals surface area contributed by atoms with E-state index in [1.807, 2.05) is 12.1 Å². The van der Waals surface area contributed by atoms with E-state index in [1.54, 1.807) is 5.57 Å². The molecule has 0 saturated heterocycles. The Morgan fingerprint density at radius 1 is 1.24 bits per heavy atom. The molecule has 2 aliphatic heterocycles. The smallest absolute Gasteiger partial charge is 0.0488 e. The minimum absolute atomic E-state index is 0.549. The second-order valence-electron chi connectivity index (χ2n) is 8.54. The molecule has 146 valence electrons. The average Bonchev–Trinajstić information content (AvgIpc) is 3.47. The van der Waals surface area contributed by atoms with Gasteiger partial charge in [0.05, 0.1) is 0 Å². The molecule has 1 N–H and O–H groups in total. The van der Waals surface area contributed by atoms with Gasteiger partial charge in [0.15, 0.2) is 0 Å². The summed E-state index contributed by atoms with van der Waals surface area (Å²) in [6.07, 6.45) is 15.7. The van der Waals surface area contributed by atoms with Gasteiger partial charge in [-0.25, -0.2) is 0 Å². The van der Waals surface area contributed by atoms with Crippen molar-refractivity contribution in [3.05, 3.63) is 75.6 Å². The Hall–Kier alpha value is -2.36. The molecule has 4 heteroatoms. The van der Waals surface area contributed by atoms with Gasteiger partial charge in [0.2, 0.25) is 0 Å². The van der Waals surface area contributed by atoms with Crippen LogP contribution >= 0.6 is 11.6 Å². The third kappa shape index (κ3) is 2.95. The Morgan fingerprint density at radius 2 is 2.21 bits per heavy atom. The standard InChI is InChI=1S/C25H24ClN3/c26-19-4-5-21-23(14-28-24(21)13-19)16-7-10-29(11-8-16)15-18-12-17-2-1-3-20(17)22-6-9-27-25(18)22/h1,3-5,7,9,13-14,18,28H,2,6,8,10-12,15H2. The first-order valence-corrected chi connectivity index (χ1v) is 11.0. The third-order valence-corrected chi connectivity index (χ3v) is 7.07. The molecule has 0 saturated carbocycles. The van der Waals surface area contributed by atoms with Gasteiger partial charge >= 0.3 is 0 Å². The highest BCUT2D eigenvalue weighted by Crippen LogP contribution is 2.43. The fraction of sp³-hybridized carbons (Fsp3) is 0.320. The minimum Gasteiger partial charge on any atom is -0.361 e. The van der Waals surface area contributed by atoms with Gasteiger partial charge in [-0.05, 0) is 48.1 Å². The van der Waals surface area contributed by atoms with Crippen molar-refractivity contribution in [2.75, 3.05) is 19.6 Å². The van der Waals surface area contributed by atoms with Crippen LogP contribution in [0.1, 0.15) is 31.2 Å². The van der Waals surface area contributed by atoms with E-state index in [9.17, 15) is 0 Å². The number of hydrogen-bond donors (Lipinski definition) is 1. The zero-order valence-electron chi connectivity index (χ0n) is 16.4. The fourth-order valence-electron chi connectivity index (χ4n) is 5.41. The van der Waals surface area contributed by atoms with E-state index < -0.39 is 0 Å². The summed E-state index contributed by atoms with van der Waals surface area (Å²) in [6, 6.07) is 6.12. The number of fused-ring (bicyclic) bond motifs is 2. The molecular weight excluding hydrogens is 378 g/mol. The maximum atomic E-state index is 6.14. The highest BCUT2D eigenvalue weighted by Gasteiger charge is 2.32. The first-order valence-electron chi connectivity index (χ1n) is 10.6. The summed E-state index contributed by atoms with van der Waals surface area (Å²) in [6.45, 7) is 3.24. The number of benzene rings is 1.